The van der Waals surface area contributed by atoms with Gasteiger partial charge in [0.2, 0.25) is 5.95 Å². The van der Waals surface area contributed by atoms with E-state index in [1.54, 1.807) is 0 Å². The summed E-state index contributed by atoms with van der Waals surface area (Å²) in [5.41, 5.74) is 5.56. The van der Waals surface area contributed by atoms with Crippen molar-refractivity contribution in [3.63, 3.8) is 0 Å². The molecule has 128 valence electrons. The summed E-state index contributed by atoms with van der Waals surface area (Å²) in [6.45, 7) is 9.18. The number of nitrogens with zero attached hydrogens (tertiary/aromatic N) is 3. The van der Waals surface area contributed by atoms with Gasteiger partial charge in [0, 0.05) is 29.7 Å². The van der Waals surface area contributed by atoms with Crippen LogP contribution in [-0.2, 0) is 0 Å². The molecular formula is C21H24N4. The van der Waals surface area contributed by atoms with Crippen LogP contribution in [0.5, 0.6) is 0 Å². The monoisotopic (exact) mass is 332 g/mol. The lowest BCUT2D eigenvalue weighted by Crippen LogP contribution is -2.18. The summed E-state index contributed by atoms with van der Waals surface area (Å²) in [5.74, 6) is 1.52. The standard InChI is InChI=1S/C21H24N4/c1-5-25(18-11-7-6-8-12-18)20-14-16(3)22-21(24-20)23-19-13-9-10-15(2)17(19)4/h6-14H,5H2,1-4H3,(H,22,23,24). The Kier molecular flexibility index (Phi) is 4.98. The maximum Gasteiger partial charge on any atom is 0.229 e. The van der Waals surface area contributed by atoms with Gasteiger partial charge >= 0.3 is 0 Å². The predicted octanol–water partition coefficient (Wildman–Crippen LogP) is 5.30. The first-order valence-corrected chi connectivity index (χ1v) is 8.60. The zero-order valence-electron chi connectivity index (χ0n) is 15.2. The fourth-order valence-corrected chi connectivity index (χ4v) is 2.84. The van der Waals surface area contributed by atoms with Crippen LogP contribution in [0.1, 0.15) is 23.7 Å². The van der Waals surface area contributed by atoms with Gasteiger partial charge in [0.1, 0.15) is 5.82 Å². The molecular weight excluding hydrogens is 308 g/mol. The highest BCUT2D eigenvalue weighted by Gasteiger charge is 2.12. The van der Waals surface area contributed by atoms with Crippen LogP contribution in [0.3, 0.4) is 0 Å². The first kappa shape index (κ1) is 17.0. The van der Waals surface area contributed by atoms with E-state index in [2.05, 4.69) is 60.2 Å². The third-order valence-corrected chi connectivity index (χ3v) is 4.35. The second-order valence-electron chi connectivity index (χ2n) is 6.14. The van der Waals surface area contributed by atoms with Crippen LogP contribution >= 0.6 is 0 Å². The zero-order valence-corrected chi connectivity index (χ0v) is 15.2. The molecule has 0 spiro atoms. The van der Waals surface area contributed by atoms with Crippen molar-refractivity contribution in [2.24, 2.45) is 0 Å². The van der Waals surface area contributed by atoms with E-state index in [1.165, 1.54) is 11.1 Å². The van der Waals surface area contributed by atoms with E-state index in [9.17, 15) is 0 Å². The normalized spacial score (nSPS) is 10.6. The molecule has 1 N–H and O–H groups in total. The van der Waals surface area contributed by atoms with Gasteiger partial charge in [0.25, 0.3) is 0 Å². The number of para-hydroxylation sites is 1. The molecule has 0 amide bonds. The van der Waals surface area contributed by atoms with Gasteiger partial charge in [0.05, 0.1) is 0 Å². The lowest BCUT2D eigenvalue weighted by molar-refractivity contribution is 0.969. The lowest BCUT2D eigenvalue weighted by Gasteiger charge is -2.23. The van der Waals surface area contributed by atoms with E-state index in [4.69, 9.17) is 4.98 Å². The van der Waals surface area contributed by atoms with E-state index in [0.29, 0.717) is 5.95 Å². The fraction of sp³-hybridized carbons (Fsp3) is 0.238. The maximum atomic E-state index is 4.75. The number of anilines is 4. The molecule has 3 aromatic rings. The van der Waals surface area contributed by atoms with Crippen LogP contribution in [0.25, 0.3) is 0 Å². The van der Waals surface area contributed by atoms with Crippen LogP contribution < -0.4 is 10.2 Å². The third kappa shape index (κ3) is 3.79. The highest BCUT2D eigenvalue weighted by Crippen LogP contribution is 2.26. The van der Waals surface area contributed by atoms with E-state index in [0.717, 1.165) is 29.4 Å². The van der Waals surface area contributed by atoms with Crippen molar-refractivity contribution in [1.29, 1.82) is 0 Å². The van der Waals surface area contributed by atoms with Crippen LogP contribution in [-0.4, -0.2) is 16.5 Å². The van der Waals surface area contributed by atoms with E-state index in [1.807, 2.05) is 37.3 Å². The minimum atomic E-state index is 0.623. The fourth-order valence-electron chi connectivity index (χ4n) is 2.84. The zero-order chi connectivity index (χ0) is 17.8. The molecule has 4 nitrogen and oxygen atoms in total. The van der Waals surface area contributed by atoms with Gasteiger partial charge in [-0.15, -0.1) is 0 Å². The topological polar surface area (TPSA) is 41.1 Å². The van der Waals surface area contributed by atoms with Crippen LogP contribution in [0.2, 0.25) is 0 Å². The van der Waals surface area contributed by atoms with Gasteiger partial charge in [-0.25, -0.2) is 4.98 Å². The number of benzene rings is 2. The molecule has 0 aliphatic heterocycles. The van der Waals surface area contributed by atoms with Crippen molar-refractivity contribution in [1.82, 2.24) is 9.97 Å². The molecule has 0 radical (unpaired) electrons. The number of nitrogens with one attached hydrogen (secondary N) is 1. The Morgan fingerprint density at radius 1 is 0.920 bits per heavy atom. The number of aromatic nitrogens is 2. The molecule has 0 aliphatic rings. The first-order valence-electron chi connectivity index (χ1n) is 8.60. The molecule has 0 atom stereocenters. The summed E-state index contributed by atoms with van der Waals surface area (Å²) >= 11 is 0. The summed E-state index contributed by atoms with van der Waals surface area (Å²) in [4.78, 5) is 11.5. The van der Waals surface area contributed by atoms with Crippen molar-refractivity contribution in [2.45, 2.75) is 27.7 Å². The minimum Gasteiger partial charge on any atom is -0.326 e. The highest BCUT2D eigenvalue weighted by molar-refractivity contribution is 5.64. The second-order valence-corrected chi connectivity index (χ2v) is 6.14. The Labute approximate surface area is 149 Å². The lowest BCUT2D eigenvalue weighted by atomic mass is 10.1. The van der Waals surface area contributed by atoms with Gasteiger partial charge in [-0.05, 0) is 57.0 Å². The number of rotatable bonds is 5. The number of hydrogen-bond acceptors (Lipinski definition) is 4. The second kappa shape index (κ2) is 7.34. The molecule has 1 aromatic heterocycles. The van der Waals surface area contributed by atoms with Gasteiger partial charge in [0.15, 0.2) is 0 Å². The van der Waals surface area contributed by atoms with E-state index >= 15 is 0 Å². The average molecular weight is 332 g/mol. The van der Waals surface area contributed by atoms with E-state index in [-0.39, 0.29) is 0 Å². The van der Waals surface area contributed by atoms with Gasteiger partial charge in [-0.3, -0.25) is 0 Å². The van der Waals surface area contributed by atoms with Crippen molar-refractivity contribution >= 4 is 23.1 Å². The summed E-state index contributed by atoms with van der Waals surface area (Å²) in [5, 5.41) is 3.38. The molecule has 1 heterocycles. The molecule has 0 saturated carbocycles. The maximum absolute atomic E-state index is 4.75. The largest absolute Gasteiger partial charge is 0.326 e. The summed E-state index contributed by atoms with van der Waals surface area (Å²) in [6.07, 6.45) is 0. The molecule has 0 unspecified atom stereocenters. The Hall–Kier alpha value is -2.88. The predicted molar refractivity (Wildman–Crippen MR) is 105 cm³/mol. The number of hydrogen-bond donors (Lipinski definition) is 1. The van der Waals surface area contributed by atoms with Crippen LogP contribution in [0, 0.1) is 20.8 Å². The molecule has 0 aliphatic carbocycles. The molecule has 2 aromatic carbocycles. The van der Waals surface area contributed by atoms with Gasteiger partial charge < -0.3 is 10.2 Å². The molecule has 4 heteroatoms. The SMILES string of the molecule is CCN(c1ccccc1)c1cc(C)nc(Nc2cccc(C)c2C)n1. The molecule has 0 bridgehead atoms. The summed E-state index contributed by atoms with van der Waals surface area (Å²) < 4.78 is 0. The Morgan fingerprint density at radius 3 is 2.40 bits per heavy atom. The molecule has 0 fully saturated rings. The Balaban J connectivity index is 1.96. The Morgan fingerprint density at radius 2 is 1.68 bits per heavy atom. The summed E-state index contributed by atoms with van der Waals surface area (Å²) in [6, 6.07) is 18.5. The van der Waals surface area contributed by atoms with Crippen molar-refractivity contribution in [3.05, 3.63) is 71.4 Å². The molecule has 0 saturated heterocycles. The van der Waals surface area contributed by atoms with Gasteiger partial charge in [-0.1, -0.05) is 30.3 Å². The summed E-state index contributed by atoms with van der Waals surface area (Å²) in [7, 11) is 0. The smallest absolute Gasteiger partial charge is 0.229 e. The Bertz CT molecular complexity index is 859. The van der Waals surface area contributed by atoms with Crippen molar-refractivity contribution in [3.8, 4) is 0 Å². The van der Waals surface area contributed by atoms with Crippen molar-refractivity contribution in [2.75, 3.05) is 16.8 Å². The van der Waals surface area contributed by atoms with Crippen LogP contribution in [0.15, 0.2) is 54.6 Å². The third-order valence-electron chi connectivity index (χ3n) is 4.35. The number of aryl methyl sites for hydroxylation is 2. The van der Waals surface area contributed by atoms with E-state index < -0.39 is 0 Å². The van der Waals surface area contributed by atoms with Gasteiger partial charge in [-0.2, -0.15) is 4.98 Å². The molecule has 3 rings (SSSR count). The van der Waals surface area contributed by atoms with Crippen molar-refractivity contribution < 1.29 is 0 Å². The highest BCUT2D eigenvalue weighted by atomic mass is 15.2. The minimum absolute atomic E-state index is 0.623. The molecule has 25 heavy (non-hydrogen) atoms. The first-order chi connectivity index (χ1) is 12.1. The quantitative estimate of drug-likeness (QED) is 0.688. The average Bonchev–Trinajstić information content (AvgIpc) is 2.60. The van der Waals surface area contributed by atoms with Crippen LogP contribution in [0.4, 0.5) is 23.1 Å².